The Kier molecular flexibility index (Phi) is 3.84. The van der Waals surface area contributed by atoms with E-state index in [9.17, 15) is 14.5 Å². The number of nitro benzene ring substituents is 1. The monoisotopic (exact) mass is 276 g/mol. The van der Waals surface area contributed by atoms with Gasteiger partial charge in [0.1, 0.15) is 17.3 Å². The van der Waals surface area contributed by atoms with Gasteiger partial charge in [0.05, 0.1) is 4.92 Å². The minimum absolute atomic E-state index is 0.104. The molecule has 0 bridgehead atoms. The van der Waals surface area contributed by atoms with Crippen LogP contribution in [0.4, 0.5) is 15.8 Å². The number of nitrogens with one attached hydrogen (secondary N) is 1. The lowest BCUT2D eigenvalue weighted by Gasteiger charge is -2.09. The molecular weight excluding hydrogens is 263 g/mol. The Hall–Kier alpha value is -2.63. The number of hydrogen-bond donors (Lipinski definition) is 1. The number of anilines is 1. The van der Waals surface area contributed by atoms with Crippen molar-refractivity contribution in [1.29, 1.82) is 0 Å². The Labute approximate surface area is 115 Å². The Morgan fingerprint density at radius 2 is 2.05 bits per heavy atom. The maximum absolute atomic E-state index is 13.2. The van der Waals surface area contributed by atoms with Crippen LogP contribution in [-0.2, 0) is 0 Å². The van der Waals surface area contributed by atoms with Gasteiger partial charge >= 0.3 is 5.69 Å². The summed E-state index contributed by atoms with van der Waals surface area (Å²) in [6, 6.07) is 8.91. The summed E-state index contributed by atoms with van der Waals surface area (Å²) < 4.78 is 18.7. The smallest absolute Gasteiger partial charge is 0.334 e. The molecule has 6 heteroatoms. The van der Waals surface area contributed by atoms with Gasteiger partial charge in [0.25, 0.3) is 0 Å². The van der Waals surface area contributed by atoms with E-state index in [2.05, 4.69) is 5.32 Å². The summed E-state index contributed by atoms with van der Waals surface area (Å²) in [4.78, 5) is 10.6. The summed E-state index contributed by atoms with van der Waals surface area (Å²) in [7, 11) is 1.59. The van der Waals surface area contributed by atoms with Crippen LogP contribution < -0.4 is 10.1 Å². The van der Waals surface area contributed by atoms with Crippen molar-refractivity contribution in [3.05, 3.63) is 57.9 Å². The number of para-hydroxylation sites is 1. The van der Waals surface area contributed by atoms with Crippen molar-refractivity contribution >= 4 is 11.4 Å². The summed E-state index contributed by atoms with van der Waals surface area (Å²) in [6.45, 7) is 1.60. The van der Waals surface area contributed by atoms with Crippen LogP contribution in [0.2, 0.25) is 0 Å². The van der Waals surface area contributed by atoms with Gasteiger partial charge in [0.2, 0.25) is 5.75 Å². The zero-order chi connectivity index (χ0) is 14.7. The molecule has 2 rings (SSSR count). The molecular formula is C14H13FN2O3. The third-order valence-corrected chi connectivity index (χ3v) is 2.81. The second-order valence-corrected chi connectivity index (χ2v) is 4.17. The molecule has 0 unspecified atom stereocenters. The highest BCUT2D eigenvalue weighted by atomic mass is 19.1. The highest BCUT2D eigenvalue weighted by Gasteiger charge is 2.20. The normalized spacial score (nSPS) is 10.2. The van der Waals surface area contributed by atoms with Crippen LogP contribution in [0.3, 0.4) is 0 Å². The molecule has 2 aromatic rings. The first-order valence-electron chi connectivity index (χ1n) is 5.92. The van der Waals surface area contributed by atoms with E-state index in [0.29, 0.717) is 17.0 Å². The fraction of sp³-hybridized carbons (Fsp3) is 0.143. The minimum Gasteiger partial charge on any atom is -0.450 e. The van der Waals surface area contributed by atoms with Crippen molar-refractivity contribution in [3.8, 4) is 11.5 Å². The standard InChI is InChI=1S/C14H13FN2O3/c1-9-8-10(6-7-11(9)15)20-13-5-3-4-12(16-2)14(13)17(18)19/h3-8,16H,1-2H3. The molecule has 0 radical (unpaired) electrons. The van der Waals surface area contributed by atoms with Crippen molar-refractivity contribution in [2.75, 3.05) is 12.4 Å². The maximum atomic E-state index is 13.2. The Morgan fingerprint density at radius 3 is 2.65 bits per heavy atom. The van der Waals surface area contributed by atoms with E-state index < -0.39 is 4.92 Å². The van der Waals surface area contributed by atoms with Crippen molar-refractivity contribution in [1.82, 2.24) is 0 Å². The number of aryl methyl sites for hydroxylation is 1. The number of nitrogens with zero attached hydrogens (tertiary/aromatic N) is 1. The van der Waals surface area contributed by atoms with Crippen molar-refractivity contribution in [2.45, 2.75) is 6.92 Å². The zero-order valence-corrected chi connectivity index (χ0v) is 11.0. The molecule has 0 aliphatic carbocycles. The SMILES string of the molecule is CNc1cccc(Oc2ccc(F)c(C)c2)c1[N+](=O)[O-]. The van der Waals surface area contributed by atoms with E-state index in [1.165, 1.54) is 24.3 Å². The first-order valence-corrected chi connectivity index (χ1v) is 5.92. The first-order chi connectivity index (χ1) is 9.52. The molecule has 0 spiro atoms. The second-order valence-electron chi connectivity index (χ2n) is 4.17. The fourth-order valence-electron chi connectivity index (χ4n) is 1.80. The molecule has 5 nitrogen and oxygen atoms in total. The van der Waals surface area contributed by atoms with Crippen LogP contribution >= 0.6 is 0 Å². The van der Waals surface area contributed by atoms with Gasteiger partial charge in [-0.2, -0.15) is 0 Å². The molecule has 0 atom stereocenters. The van der Waals surface area contributed by atoms with Gasteiger partial charge in [0, 0.05) is 7.05 Å². The molecule has 0 aromatic heterocycles. The number of halogens is 1. The van der Waals surface area contributed by atoms with E-state index in [4.69, 9.17) is 4.74 Å². The molecule has 20 heavy (non-hydrogen) atoms. The summed E-state index contributed by atoms with van der Waals surface area (Å²) >= 11 is 0. The topological polar surface area (TPSA) is 64.4 Å². The van der Waals surface area contributed by atoms with Crippen LogP contribution in [0.1, 0.15) is 5.56 Å². The van der Waals surface area contributed by atoms with Crippen LogP contribution in [0.15, 0.2) is 36.4 Å². The quantitative estimate of drug-likeness (QED) is 0.680. The van der Waals surface area contributed by atoms with Gasteiger partial charge in [0.15, 0.2) is 0 Å². The second kappa shape index (κ2) is 5.56. The Balaban J connectivity index is 2.42. The van der Waals surface area contributed by atoms with Crippen molar-refractivity contribution in [2.24, 2.45) is 0 Å². The molecule has 0 amide bonds. The Morgan fingerprint density at radius 1 is 1.30 bits per heavy atom. The maximum Gasteiger partial charge on any atom is 0.334 e. The number of rotatable bonds is 4. The zero-order valence-electron chi connectivity index (χ0n) is 11.0. The minimum atomic E-state index is -0.516. The van der Waals surface area contributed by atoms with Crippen LogP contribution in [0, 0.1) is 22.9 Å². The molecule has 2 aromatic carbocycles. The average molecular weight is 276 g/mol. The summed E-state index contributed by atoms with van der Waals surface area (Å²) in [5.41, 5.74) is 0.609. The van der Waals surface area contributed by atoms with E-state index >= 15 is 0 Å². The van der Waals surface area contributed by atoms with Gasteiger partial charge in [-0.25, -0.2) is 4.39 Å². The van der Waals surface area contributed by atoms with E-state index in [0.717, 1.165) is 0 Å². The molecule has 0 aliphatic heterocycles. The average Bonchev–Trinajstić information content (AvgIpc) is 2.42. The third kappa shape index (κ3) is 2.69. The number of nitro groups is 1. The van der Waals surface area contributed by atoms with Gasteiger partial charge < -0.3 is 10.1 Å². The third-order valence-electron chi connectivity index (χ3n) is 2.81. The largest absolute Gasteiger partial charge is 0.450 e. The first kappa shape index (κ1) is 13.8. The molecule has 0 saturated carbocycles. The number of hydrogen-bond acceptors (Lipinski definition) is 4. The van der Waals surface area contributed by atoms with Crippen molar-refractivity contribution in [3.63, 3.8) is 0 Å². The lowest BCUT2D eigenvalue weighted by atomic mass is 10.2. The van der Waals surface area contributed by atoms with E-state index in [-0.39, 0.29) is 17.3 Å². The lowest BCUT2D eigenvalue weighted by Crippen LogP contribution is -1.99. The molecule has 1 N–H and O–H groups in total. The summed E-state index contributed by atoms with van der Waals surface area (Å²) in [5.74, 6) is 0.101. The van der Waals surface area contributed by atoms with Crippen LogP contribution in [0.25, 0.3) is 0 Å². The number of benzene rings is 2. The van der Waals surface area contributed by atoms with Crippen molar-refractivity contribution < 1.29 is 14.1 Å². The van der Waals surface area contributed by atoms with E-state index in [1.54, 1.807) is 26.1 Å². The van der Waals surface area contributed by atoms with Gasteiger partial charge in [-0.05, 0) is 42.8 Å². The Bertz CT molecular complexity index is 659. The lowest BCUT2D eigenvalue weighted by molar-refractivity contribution is -0.384. The molecule has 104 valence electrons. The van der Waals surface area contributed by atoms with Gasteiger partial charge in [-0.15, -0.1) is 0 Å². The molecule has 0 fully saturated rings. The highest BCUT2D eigenvalue weighted by Crippen LogP contribution is 2.37. The predicted octanol–water partition coefficient (Wildman–Crippen LogP) is 3.88. The summed E-state index contributed by atoms with van der Waals surface area (Å²) in [5, 5.41) is 13.9. The van der Waals surface area contributed by atoms with Crippen LogP contribution in [-0.4, -0.2) is 12.0 Å². The predicted molar refractivity (Wildman–Crippen MR) is 73.9 cm³/mol. The van der Waals surface area contributed by atoms with Gasteiger partial charge in [-0.3, -0.25) is 10.1 Å². The fourth-order valence-corrected chi connectivity index (χ4v) is 1.80. The number of ether oxygens (including phenoxy) is 1. The molecule has 0 heterocycles. The van der Waals surface area contributed by atoms with Crippen LogP contribution in [0.5, 0.6) is 11.5 Å². The highest BCUT2D eigenvalue weighted by molar-refractivity contribution is 5.68. The molecule has 0 aliphatic rings. The molecule has 0 saturated heterocycles. The summed E-state index contributed by atoms with van der Waals surface area (Å²) in [6.07, 6.45) is 0. The van der Waals surface area contributed by atoms with Gasteiger partial charge in [-0.1, -0.05) is 6.07 Å². The van der Waals surface area contributed by atoms with E-state index in [1.807, 2.05) is 0 Å².